The maximum absolute atomic E-state index is 9.41. The number of aromatic nitrogens is 3. The molecule has 0 radical (unpaired) electrons. The van der Waals surface area contributed by atoms with Crippen LogP contribution < -0.4 is 9.47 Å². The van der Waals surface area contributed by atoms with Crippen molar-refractivity contribution in [2.75, 3.05) is 13.7 Å². The van der Waals surface area contributed by atoms with Gasteiger partial charge in [0, 0.05) is 5.56 Å². The summed E-state index contributed by atoms with van der Waals surface area (Å²) in [6, 6.07) is 12.4. The minimum atomic E-state index is 0.205. The second kappa shape index (κ2) is 7.25. The van der Waals surface area contributed by atoms with Crippen molar-refractivity contribution in [1.82, 2.24) is 15.2 Å². The molecule has 0 amide bonds. The van der Waals surface area contributed by atoms with Crippen molar-refractivity contribution >= 4 is 0 Å². The number of nitrogens with one attached hydrogen (secondary N) is 1. The highest BCUT2D eigenvalue weighted by Gasteiger charge is 2.17. The van der Waals surface area contributed by atoms with E-state index in [1.807, 2.05) is 18.2 Å². The molecule has 25 heavy (non-hydrogen) atoms. The Labute approximate surface area is 146 Å². The Morgan fingerprint density at radius 2 is 1.88 bits per heavy atom. The van der Waals surface area contributed by atoms with Gasteiger partial charge in [-0.3, -0.25) is 5.10 Å². The molecule has 0 aliphatic heterocycles. The van der Waals surface area contributed by atoms with E-state index in [-0.39, 0.29) is 5.75 Å². The Kier molecular flexibility index (Phi) is 4.88. The first-order valence-corrected chi connectivity index (χ1v) is 8.10. The maximum atomic E-state index is 9.41. The molecule has 0 saturated carbocycles. The lowest BCUT2D eigenvalue weighted by Gasteiger charge is -2.15. The fourth-order valence-corrected chi connectivity index (χ4v) is 2.38. The molecule has 3 aromatic rings. The summed E-state index contributed by atoms with van der Waals surface area (Å²) in [6.45, 7) is 4.76. The standard InChI is InChI=1S/C19H21N3O3/c1-12(2)11-25-17-15(5-4-6-16(17)24-3)19-20-18(21-22-19)13-7-9-14(23)10-8-13/h4-10,12,23H,11H2,1-3H3,(H,20,21,22). The number of aromatic amines is 1. The van der Waals surface area contributed by atoms with Crippen LogP contribution in [0.15, 0.2) is 42.5 Å². The fourth-order valence-electron chi connectivity index (χ4n) is 2.38. The molecule has 0 aliphatic rings. The monoisotopic (exact) mass is 339 g/mol. The average Bonchev–Trinajstić information content (AvgIpc) is 3.10. The number of nitrogens with zero attached hydrogens (tertiary/aromatic N) is 2. The van der Waals surface area contributed by atoms with Gasteiger partial charge in [-0.1, -0.05) is 19.9 Å². The highest BCUT2D eigenvalue weighted by molar-refractivity contribution is 5.70. The van der Waals surface area contributed by atoms with Crippen LogP contribution in [0, 0.1) is 5.92 Å². The van der Waals surface area contributed by atoms with E-state index in [9.17, 15) is 5.11 Å². The third-order valence-corrected chi connectivity index (χ3v) is 3.63. The lowest BCUT2D eigenvalue weighted by Crippen LogP contribution is -2.06. The number of hydrogen-bond acceptors (Lipinski definition) is 5. The summed E-state index contributed by atoms with van der Waals surface area (Å²) in [7, 11) is 1.61. The largest absolute Gasteiger partial charge is 0.508 e. The quantitative estimate of drug-likeness (QED) is 0.712. The number of para-hydroxylation sites is 1. The van der Waals surface area contributed by atoms with Gasteiger partial charge in [0.15, 0.2) is 23.1 Å². The number of ether oxygens (including phenoxy) is 2. The van der Waals surface area contributed by atoms with E-state index in [1.165, 1.54) is 0 Å². The Hall–Kier alpha value is -3.02. The first-order valence-electron chi connectivity index (χ1n) is 8.10. The molecule has 130 valence electrons. The fraction of sp³-hybridized carbons (Fsp3) is 0.263. The zero-order chi connectivity index (χ0) is 17.8. The number of aromatic hydroxyl groups is 1. The van der Waals surface area contributed by atoms with Gasteiger partial charge in [0.05, 0.1) is 19.3 Å². The molecule has 0 aliphatic carbocycles. The van der Waals surface area contributed by atoms with Crippen LogP contribution in [0.2, 0.25) is 0 Å². The van der Waals surface area contributed by atoms with Gasteiger partial charge in [0.1, 0.15) is 5.75 Å². The van der Waals surface area contributed by atoms with Crippen LogP contribution >= 0.6 is 0 Å². The normalized spacial score (nSPS) is 10.9. The van der Waals surface area contributed by atoms with Crippen molar-refractivity contribution < 1.29 is 14.6 Å². The third-order valence-electron chi connectivity index (χ3n) is 3.63. The van der Waals surface area contributed by atoms with Crippen LogP contribution in [0.25, 0.3) is 22.8 Å². The zero-order valence-corrected chi connectivity index (χ0v) is 14.5. The number of methoxy groups -OCH3 is 1. The summed E-state index contributed by atoms with van der Waals surface area (Å²) < 4.78 is 11.4. The molecular formula is C19H21N3O3. The van der Waals surface area contributed by atoms with Crippen molar-refractivity contribution in [2.45, 2.75) is 13.8 Å². The number of phenolic OH excluding ortho intramolecular Hbond substituents is 1. The summed E-state index contributed by atoms with van der Waals surface area (Å²) in [4.78, 5) is 4.56. The first kappa shape index (κ1) is 16.8. The van der Waals surface area contributed by atoms with Crippen molar-refractivity contribution in [1.29, 1.82) is 0 Å². The van der Waals surface area contributed by atoms with E-state index < -0.39 is 0 Å². The number of rotatable bonds is 6. The first-order chi connectivity index (χ1) is 12.1. The van der Waals surface area contributed by atoms with E-state index in [4.69, 9.17) is 9.47 Å². The van der Waals surface area contributed by atoms with Gasteiger partial charge in [-0.15, -0.1) is 0 Å². The van der Waals surface area contributed by atoms with Crippen molar-refractivity contribution in [3.63, 3.8) is 0 Å². The minimum Gasteiger partial charge on any atom is -0.508 e. The molecule has 0 saturated heterocycles. The average molecular weight is 339 g/mol. The molecule has 0 fully saturated rings. The highest BCUT2D eigenvalue weighted by atomic mass is 16.5. The molecule has 6 heteroatoms. The van der Waals surface area contributed by atoms with E-state index >= 15 is 0 Å². The van der Waals surface area contributed by atoms with Gasteiger partial charge >= 0.3 is 0 Å². The number of hydrogen-bond donors (Lipinski definition) is 2. The van der Waals surface area contributed by atoms with Crippen molar-refractivity contribution in [3.8, 4) is 40.0 Å². The van der Waals surface area contributed by atoms with Crippen LogP contribution in [0.3, 0.4) is 0 Å². The lowest BCUT2D eigenvalue weighted by molar-refractivity contribution is 0.258. The van der Waals surface area contributed by atoms with Crippen molar-refractivity contribution in [2.24, 2.45) is 5.92 Å². The zero-order valence-electron chi connectivity index (χ0n) is 14.5. The van der Waals surface area contributed by atoms with E-state index in [0.29, 0.717) is 35.7 Å². The minimum absolute atomic E-state index is 0.205. The maximum Gasteiger partial charge on any atom is 0.181 e. The third kappa shape index (κ3) is 3.74. The van der Waals surface area contributed by atoms with Crippen LogP contribution in [-0.2, 0) is 0 Å². The van der Waals surface area contributed by atoms with Crippen molar-refractivity contribution in [3.05, 3.63) is 42.5 Å². The summed E-state index contributed by atoms with van der Waals surface area (Å²) in [5.74, 6) is 3.04. The lowest BCUT2D eigenvalue weighted by atomic mass is 10.1. The summed E-state index contributed by atoms with van der Waals surface area (Å²) >= 11 is 0. The smallest absolute Gasteiger partial charge is 0.181 e. The molecule has 2 aromatic carbocycles. The Bertz CT molecular complexity index is 841. The summed E-state index contributed by atoms with van der Waals surface area (Å²) in [5.41, 5.74) is 1.60. The van der Waals surface area contributed by atoms with Crippen LogP contribution in [0.5, 0.6) is 17.2 Å². The second-order valence-electron chi connectivity index (χ2n) is 6.10. The highest BCUT2D eigenvalue weighted by Crippen LogP contribution is 2.37. The molecule has 2 N–H and O–H groups in total. The topological polar surface area (TPSA) is 80.3 Å². The molecule has 3 rings (SSSR count). The number of benzene rings is 2. The SMILES string of the molecule is COc1cccc(-c2nc(-c3ccc(O)cc3)n[nH]2)c1OCC(C)C. The van der Waals surface area contributed by atoms with Gasteiger partial charge in [-0.05, 0) is 42.3 Å². The molecule has 0 spiro atoms. The Balaban J connectivity index is 1.97. The predicted octanol–water partition coefficient (Wildman–Crippen LogP) is 3.89. The predicted molar refractivity (Wildman–Crippen MR) is 95.8 cm³/mol. The Morgan fingerprint density at radius 1 is 1.12 bits per heavy atom. The van der Waals surface area contributed by atoms with Crippen LogP contribution in [0.4, 0.5) is 0 Å². The molecule has 6 nitrogen and oxygen atoms in total. The molecule has 0 bridgehead atoms. The summed E-state index contributed by atoms with van der Waals surface area (Å²) in [6.07, 6.45) is 0. The molecule has 1 heterocycles. The van der Waals surface area contributed by atoms with Crippen LogP contribution in [0.1, 0.15) is 13.8 Å². The summed E-state index contributed by atoms with van der Waals surface area (Å²) in [5, 5.41) is 16.6. The van der Waals surface area contributed by atoms with E-state index in [0.717, 1.165) is 11.1 Å². The molecular weight excluding hydrogens is 318 g/mol. The van der Waals surface area contributed by atoms with Gasteiger partial charge in [0.25, 0.3) is 0 Å². The second-order valence-corrected chi connectivity index (χ2v) is 6.10. The van der Waals surface area contributed by atoms with Gasteiger partial charge in [0.2, 0.25) is 0 Å². The van der Waals surface area contributed by atoms with Gasteiger partial charge in [-0.2, -0.15) is 5.10 Å². The number of phenols is 1. The van der Waals surface area contributed by atoms with Crippen LogP contribution in [-0.4, -0.2) is 34.0 Å². The van der Waals surface area contributed by atoms with E-state index in [2.05, 4.69) is 29.0 Å². The molecule has 1 aromatic heterocycles. The Morgan fingerprint density at radius 3 is 2.56 bits per heavy atom. The molecule has 0 unspecified atom stereocenters. The molecule has 0 atom stereocenters. The van der Waals surface area contributed by atoms with Gasteiger partial charge in [-0.25, -0.2) is 4.98 Å². The number of H-pyrrole nitrogens is 1. The van der Waals surface area contributed by atoms with Gasteiger partial charge < -0.3 is 14.6 Å². The van der Waals surface area contributed by atoms with E-state index in [1.54, 1.807) is 31.4 Å².